The maximum Gasteiger partial charge on any atom is 0.233 e. The number of anilines is 1. The summed E-state index contributed by atoms with van der Waals surface area (Å²) in [5, 5.41) is 5.34. The van der Waals surface area contributed by atoms with Crippen molar-refractivity contribution < 1.29 is 14.4 Å². The zero-order valence-electron chi connectivity index (χ0n) is 12.6. The van der Waals surface area contributed by atoms with Gasteiger partial charge in [0.1, 0.15) is 6.42 Å². The summed E-state index contributed by atoms with van der Waals surface area (Å²) in [6, 6.07) is 6.58. The number of amides is 2. The van der Waals surface area contributed by atoms with Crippen molar-refractivity contribution >= 4 is 23.3 Å². The van der Waals surface area contributed by atoms with Crippen molar-refractivity contribution in [3.05, 3.63) is 29.8 Å². The van der Waals surface area contributed by atoms with Gasteiger partial charge in [-0.3, -0.25) is 14.4 Å². The molecule has 114 valence electrons. The standard InChI is InChI=1S/C16H22N2O3/c1-3-4-5-10-17-15(20)11-16(21)18-14-8-6-13(7-9-14)12(2)19/h6-9H,3-5,10-11H2,1-2H3,(H,17,20)(H,18,21). The van der Waals surface area contributed by atoms with Gasteiger partial charge >= 0.3 is 0 Å². The lowest BCUT2D eigenvalue weighted by atomic mass is 10.1. The number of Topliss-reactive ketones (excluding diaryl/α,β-unsaturated/α-hetero) is 1. The van der Waals surface area contributed by atoms with Gasteiger partial charge in [-0.15, -0.1) is 0 Å². The number of unbranched alkanes of at least 4 members (excludes halogenated alkanes) is 2. The highest BCUT2D eigenvalue weighted by atomic mass is 16.2. The third-order valence-electron chi connectivity index (χ3n) is 3.00. The number of hydrogen-bond donors (Lipinski definition) is 2. The molecule has 1 aromatic rings. The first-order valence-corrected chi connectivity index (χ1v) is 7.20. The number of benzene rings is 1. The number of rotatable bonds is 8. The number of carbonyl (C=O) groups excluding carboxylic acids is 3. The largest absolute Gasteiger partial charge is 0.356 e. The van der Waals surface area contributed by atoms with Crippen LogP contribution in [0.4, 0.5) is 5.69 Å². The molecule has 0 aliphatic heterocycles. The molecule has 2 N–H and O–H groups in total. The van der Waals surface area contributed by atoms with E-state index in [0.29, 0.717) is 17.8 Å². The van der Waals surface area contributed by atoms with Crippen LogP contribution in [0.15, 0.2) is 24.3 Å². The highest BCUT2D eigenvalue weighted by Gasteiger charge is 2.09. The minimum atomic E-state index is -0.362. The SMILES string of the molecule is CCCCCNC(=O)CC(=O)Nc1ccc(C(C)=O)cc1. The molecule has 0 saturated carbocycles. The Labute approximate surface area is 125 Å². The Morgan fingerprint density at radius 3 is 2.24 bits per heavy atom. The molecule has 0 atom stereocenters. The molecule has 0 aliphatic rings. The molecule has 0 heterocycles. The summed E-state index contributed by atoms with van der Waals surface area (Å²) in [7, 11) is 0. The summed E-state index contributed by atoms with van der Waals surface area (Å²) in [6.45, 7) is 4.18. The van der Waals surface area contributed by atoms with E-state index in [1.165, 1.54) is 6.92 Å². The molecule has 0 spiro atoms. The molecule has 5 heteroatoms. The second kappa shape index (κ2) is 8.89. The quantitative estimate of drug-likeness (QED) is 0.439. The van der Waals surface area contributed by atoms with Gasteiger partial charge in [-0.25, -0.2) is 0 Å². The topological polar surface area (TPSA) is 75.3 Å². The maximum absolute atomic E-state index is 11.7. The number of hydrogen-bond acceptors (Lipinski definition) is 3. The number of carbonyl (C=O) groups is 3. The number of nitrogens with one attached hydrogen (secondary N) is 2. The minimum absolute atomic E-state index is 0.0284. The molecule has 0 unspecified atom stereocenters. The molecule has 21 heavy (non-hydrogen) atoms. The van der Waals surface area contributed by atoms with Crippen molar-refractivity contribution in [1.82, 2.24) is 5.32 Å². The highest BCUT2D eigenvalue weighted by molar-refractivity contribution is 6.03. The molecule has 0 radical (unpaired) electrons. The van der Waals surface area contributed by atoms with E-state index in [0.717, 1.165) is 19.3 Å². The van der Waals surface area contributed by atoms with Gasteiger partial charge in [0.2, 0.25) is 11.8 Å². The van der Waals surface area contributed by atoms with Crippen LogP contribution in [0.2, 0.25) is 0 Å². The van der Waals surface area contributed by atoms with Crippen LogP contribution in [0.3, 0.4) is 0 Å². The predicted molar refractivity (Wildman–Crippen MR) is 82.2 cm³/mol. The Bertz CT molecular complexity index is 495. The molecular formula is C16H22N2O3. The van der Waals surface area contributed by atoms with Crippen LogP contribution < -0.4 is 10.6 Å². The van der Waals surface area contributed by atoms with E-state index in [2.05, 4.69) is 17.6 Å². The predicted octanol–water partition coefficient (Wildman–Crippen LogP) is 2.52. The van der Waals surface area contributed by atoms with Crippen LogP contribution in [-0.2, 0) is 9.59 Å². The fourth-order valence-corrected chi connectivity index (χ4v) is 1.80. The Kier molecular flexibility index (Phi) is 7.15. The Balaban J connectivity index is 2.35. The second-order valence-corrected chi connectivity index (χ2v) is 4.92. The zero-order valence-corrected chi connectivity index (χ0v) is 12.6. The summed E-state index contributed by atoms with van der Waals surface area (Å²) in [6.07, 6.45) is 2.89. The Morgan fingerprint density at radius 2 is 1.67 bits per heavy atom. The van der Waals surface area contributed by atoms with Crippen LogP contribution in [0.5, 0.6) is 0 Å². The summed E-state index contributed by atoms with van der Waals surface area (Å²) in [4.78, 5) is 34.4. The molecule has 0 aliphatic carbocycles. The first kappa shape index (κ1) is 16.9. The molecule has 0 saturated heterocycles. The van der Waals surface area contributed by atoms with Gasteiger partial charge in [0.05, 0.1) is 0 Å². The van der Waals surface area contributed by atoms with E-state index in [1.54, 1.807) is 24.3 Å². The molecule has 2 amide bonds. The van der Waals surface area contributed by atoms with E-state index in [1.807, 2.05) is 0 Å². The Morgan fingerprint density at radius 1 is 1.00 bits per heavy atom. The summed E-state index contributed by atoms with van der Waals surface area (Å²) in [5.41, 5.74) is 1.16. The average Bonchev–Trinajstić information content (AvgIpc) is 2.44. The van der Waals surface area contributed by atoms with E-state index < -0.39 is 0 Å². The lowest BCUT2D eigenvalue weighted by Crippen LogP contribution is -2.28. The van der Waals surface area contributed by atoms with Crippen LogP contribution in [-0.4, -0.2) is 24.1 Å². The van der Waals surface area contributed by atoms with Gasteiger partial charge in [0, 0.05) is 17.8 Å². The fourth-order valence-electron chi connectivity index (χ4n) is 1.80. The zero-order chi connectivity index (χ0) is 15.7. The van der Waals surface area contributed by atoms with Gasteiger partial charge in [-0.1, -0.05) is 19.8 Å². The minimum Gasteiger partial charge on any atom is -0.356 e. The maximum atomic E-state index is 11.7. The van der Waals surface area contributed by atoms with E-state index >= 15 is 0 Å². The van der Waals surface area contributed by atoms with Crippen LogP contribution in [0, 0.1) is 0 Å². The summed E-state index contributed by atoms with van der Waals surface area (Å²) >= 11 is 0. The molecular weight excluding hydrogens is 268 g/mol. The second-order valence-electron chi connectivity index (χ2n) is 4.92. The van der Waals surface area contributed by atoms with Crippen molar-refractivity contribution in [3.63, 3.8) is 0 Å². The monoisotopic (exact) mass is 290 g/mol. The smallest absolute Gasteiger partial charge is 0.233 e. The molecule has 0 bridgehead atoms. The molecule has 1 rings (SSSR count). The van der Waals surface area contributed by atoms with Crippen molar-refractivity contribution in [3.8, 4) is 0 Å². The van der Waals surface area contributed by atoms with Crippen LogP contribution in [0.25, 0.3) is 0 Å². The molecule has 1 aromatic carbocycles. The van der Waals surface area contributed by atoms with Crippen molar-refractivity contribution in [2.45, 2.75) is 39.5 Å². The summed E-state index contributed by atoms with van der Waals surface area (Å²) in [5.74, 6) is -0.665. The molecule has 5 nitrogen and oxygen atoms in total. The molecule has 0 fully saturated rings. The van der Waals surface area contributed by atoms with Gasteiger partial charge in [0.15, 0.2) is 5.78 Å². The fraction of sp³-hybridized carbons (Fsp3) is 0.438. The third kappa shape index (κ3) is 6.70. The lowest BCUT2D eigenvalue weighted by Gasteiger charge is -2.07. The van der Waals surface area contributed by atoms with E-state index in [4.69, 9.17) is 0 Å². The van der Waals surface area contributed by atoms with Gasteiger partial charge in [-0.2, -0.15) is 0 Å². The van der Waals surface area contributed by atoms with E-state index in [9.17, 15) is 14.4 Å². The third-order valence-corrected chi connectivity index (χ3v) is 3.00. The normalized spacial score (nSPS) is 10.0. The van der Waals surface area contributed by atoms with Crippen molar-refractivity contribution in [2.24, 2.45) is 0 Å². The van der Waals surface area contributed by atoms with E-state index in [-0.39, 0.29) is 24.0 Å². The van der Waals surface area contributed by atoms with Gasteiger partial charge < -0.3 is 10.6 Å². The van der Waals surface area contributed by atoms with Crippen LogP contribution in [0.1, 0.15) is 49.9 Å². The average molecular weight is 290 g/mol. The molecule has 0 aromatic heterocycles. The van der Waals surface area contributed by atoms with Crippen LogP contribution >= 0.6 is 0 Å². The number of ketones is 1. The first-order chi connectivity index (χ1) is 10.0. The van der Waals surface area contributed by atoms with Crippen molar-refractivity contribution in [1.29, 1.82) is 0 Å². The first-order valence-electron chi connectivity index (χ1n) is 7.20. The van der Waals surface area contributed by atoms with Crippen molar-refractivity contribution in [2.75, 3.05) is 11.9 Å². The summed E-state index contributed by atoms with van der Waals surface area (Å²) < 4.78 is 0. The lowest BCUT2D eigenvalue weighted by molar-refractivity contribution is -0.126. The highest BCUT2D eigenvalue weighted by Crippen LogP contribution is 2.10. The van der Waals surface area contributed by atoms with Gasteiger partial charge in [-0.05, 0) is 37.6 Å². The Hall–Kier alpha value is -2.17. The van der Waals surface area contributed by atoms with Gasteiger partial charge in [0.25, 0.3) is 0 Å².